The molecular formula is C26H33NO2. The van der Waals surface area contributed by atoms with Gasteiger partial charge in [-0.25, -0.2) is 0 Å². The lowest BCUT2D eigenvalue weighted by Gasteiger charge is -2.49. The van der Waals surface area contributed by atoms with E-state index in [1.807, 2.05) is 18.2 Å². The zero-order valence-corrected chi connectivity index (χ0v) is 17.7. The van der Waals surface area contributed by atoms with Crippen LogP contribution in [0, 0.1) is 17.3 Å². The number of para-hydroxylation sites is 1. The number of methoxy groups -OCH3 is 1. The van der Waals surface area contributed by atoms with Crippen molar-refractivity contribution in [2.75, 3.05) is 7.11 Å². The lowest BCUT2D eigenvalue weighted by Crippen LogP contribution is -2.39. The van der Waals surface area contributed by atoms with E-state index < -0.39 is 0 Å². The van der Waals surface area contributed by atoms with Crippen molar-refractivity contribution < 1.29 is 9.84 Å². The fraction of sp³-hybridized carbons (Fsp3) is 0.538. The Kier molecular flexibility index (Phi) is 4.82. The predicted molar refractivity (Wildman–Crippen MR) is 116 cm³/mol. The van der Waals surface area contributed by atoms with Crippen LogP contribution in [-0.2, 0) is 13.0 Å². The molecule has 3 aliphatic rings. The SMILES string of the molecule is COc1ccc2c(c1)CCC1C2CC[C@]2(C)C[C@H](NCc3ccccc3O)CC12. The summed E-state index contributed by atoms with van der Waals surface area (Å²) in [4.78, 5) is 0. The number of phenolic OH excluding ortho intramolecular Hbond substituents is 1. The van der Waals surface area contributed by atoms with Crippen molar-refractivity contribution in [3.8, 4) is 11.5 Å². The van der Waals surface area contributed by atoms with E-state index in [2.05, 4.69) is 30.4 Å². The molecule has 2 N–H and O–H groups in total. The Labute approximate surface area is 174 Å². The highest BCUT2D eigenvalue weighted by Crippen LogP contribution is 2.61. The first-order valence-electron chi connectivity index (χ1n) is 11.2. The van der Waals surface area contributed by atoms with Crippen molar-refractivity contribution in [2.45, 2.75) is 64.0 Å². The molecule has 0 spiro atoms. The van der Waals surface area contributed by atoms with Crippen LogP contribution in [-0.4, -0.2) is 18.3 Å². The molecule has 2 aromatic carbocycles. The Morgan fingerprint density at radius 2 is 2.03 bits per heavy atom. The lowest BCUT2D eigenvalue weighted by molar-refractivity contribution is 0.0598. The molecule has 3 aliphatic carbocycles. The number of nitrogens with one attached hydrogen (secondary N) is 1. The standard InChI is InChI=1S/C26H33NO2/c1-26-12-11-22-21-10-8-20(29-2)13-17(21)7-9-23(22)24(26)14-19(15-26)27-16-18-5-3-4-6-25(18)28/h3-6,8,10,13,19,22-24,27-28H,7,9,11-12,14-16H2,1-2H3/t19-,22?,23?,24?,26-/m1/s1. The van der Waals surface area contributed by atoms with Gasteiger partial charge >= 0.3 is 0 Å². The maximum absolute atomic E-state index is 10.1. The first-order chi connectivity index (χ1) is 14.1. The Morgan fingerprint density at radius 1 is 1.17 bits per heavy atom. The van der Waals surface area contributed by atoms with Gasteiger partial charge in [0.2, 0.25) is 0 Å². The minimum absolute atomic E-state index is 0.404. The van der Waals surface area contributed by atoms with Crippen molar-refractivity contribution >= 4 is 0 Å². The summed E-state index contributed by atoms with van der Waals surface area (Å²) in [6.45, 7) is 3.30. The van der Waals surface area contributed by atoms with Gasteiger partial charge in [-0.05, 0) is 91.0 Å². The van der Waals surface area contributed by atoms with E-state index in [1.165, 1.54) is 44.1 Å². The van der Waals surface area contributed by atoms with Gasteiger partial charge in [0, 0.05) is 18.2 Å². The molecule has 5 atom stereocenters. The molecule has 0 heterocycles. The Morgan fingerprint density at radius 3 is 2.86 bits per heavy atom. The topological polar surface area (TPSA) is 41.5 Å². The van der Waals surface area contributed by atoms with E-state index in [0.717, 1.165) is 35.6 Å². The van der Waals surface area contributed by atoms with E-state index in [-0.39, 0.29) is 0 Å². The Balaban J connectivity index is 1.31. The second-order valence-electron chi connectivity index (χ2n) is 9.82. The van der Waals surface area contributed by atoms with Crippen LogP contribution < -0.4 is 10.1 Å². The van der Waals surface area contributed by atoms with Crippen LogP contribution >= 0.6 is 0 Å². The second kappa shape index (κ2) is 7.36. The summed E-state index contributed by atoms with van der Waals surface area (Å²) < 4.78 is 5.46. The van der Waals surface area contributed by atoms with Crippen LogP contribution in [0.15, 0.2) is 42.5 Å². The third-order valence-corrected chi connectivity index (χ3v) is 8.28. The molecule has 0 radical (unpaired) electrons. The van der Waals surface area contributed by atoms with Crippen molar-refractivity contribution in [1.82, 2.24) is 5.32 Å². The summed E-state index contributed by atoms with van der Waals surface area (Å²) in [5.41, 5.74) is 4.57. The minimum atomic E-state index is 0.404. The van der Waals surface area contributed by atoms with Crippen molar-refractivity contribution in [3.05, 3.63) is 59.2 Å². The summed E-state index contributed by atoms with van der Waals surface area (Å²) >= 11 is 0. The number of aryl methyl sites for hydroxylation is 1. The Hall–Kier alpha value is -2.00. The van der Waals surface area contributed by atoms with Crippen LogP contribution in [0.25, 0.3) is 0 Å². The zero-order chi connectivity index (χ0) is 20.0. The highest BCUT2D eigenvalue weighted by atomic mass is 16.5. The quantitative estimate of drug-likeness (QED) is 0.732. The minimum Gasteiger partial charge on any atom is -0.508 e. The number of benzene rings is 2. The van der Waals surface area contributed by atoms with Crippen LogP contribution in [0.5, 0.6) is 11.5 Å². The van der Waals surface area contributed by atoms with Crippen LogP contribution in [0.1, 0.15) is 61.6 Å². The average molecular weight is 392 g/mol. The molecule has 3 heteroatoms. The molecule has 3 unspecified atom stereocenters. The predicted octanol–water partition coefficient (Wildman–Crippen LogP) is 5.42. The molecule has 2 aromatic rings. The third kappa shape index (κ3) is 3.34. The van der Waals surface area contributed by atoms with Gasteiger partial charge in [0.05, 0.1) is 7.11 Å². The average Bonchev–Trinajstić information content (AvgIpc) is 3.09. The number of phenols is 1. The molecule has 154 valence electrons. The van der Waals surface area contributed by atoms with Gasteiger partial charge in [0.1, 0.15) is 11.5 Å². The molecule has 3 nitrogen and oxygen atoms in total. The fourth-order valence-corrected chi connectivity index (χ4v) is 6.82. The van der Waals surface area contributed by atoms with Crippen molar-refractivity contribution in [3.63, 3.8) is 0 Å². The van der Waals surface area contributed by atoms with Gasteiger partial charge in [-0.15, -0.1) is 0 Å². The van der Waals surface area contributed by atoms with E-state index in [0.29, 0.717) is 17.2 Å². The molecular weight excluding hydrogens is 358 g/mol. The molecule has 0 aliphatic heterocycles. The molecule has 2 fully saturated rings. The van der Waals surface area contributed by atoms with Crippen LogP contribution in [0.4, 0.5) is 0 Å². The van der Waals surface area contributed by atoms with Gasteiger partial charge < -0.3 is 15.2 Å². The van der Waals surface area contributed by atoms with Crippen molar-refractivity contribution in [1.29, 1.82) is 0 Å². The molecule has 5 rings (SSSR count). The highest BCUT2D eigenvalue weighted by Gasteiger charge is 2.52. The maximum Gasteiger partial charge on any atom is 0.120 e. The van der Waals surface area contributed by atoms with E-state index >= 15 is 0 Å². The fourth-order valence-electron chi connectivity index (χ4n) is 6.82. The maximum atomic E-state index is 10.1. The number of hydrogen-bond donors (Lipinski definition) is 2. The molecule has 2 saturated carbocycles. The second-order valence-corrected chi connectivity index (χ2v) is 9.82. The summed E-state index contributed by atoms with van der Waals surface area (Å²) in [5, 5.41) is 13.9. The van der Waals surface area contributed by atoms with E-state index in [9.17, 15) is 5.11 Å². The summed E-state index contributed by atoms with van der Waals surface area (Å²) in [6.07, 6.45) is 7.70. The number of rotatable bonds is 4. The molecule has 0 amide bonds. The number of hydrogen-bond acceptors (Lipinski definition) is 3. The number of fused-ring (bicyclic) bond motifs is 5. The first-order valence-corrected chi connectivity index (χ1v) is 11.2. The molecule has 0 saturated heterocycles. The smallest absolute Gasteiger partial charge is 0.120 e. The third-order valence-electron chi connectivity index (χ3n) is 8.28. The Bertz CT molecular complexity index is 894. The summed E-state index contributed by atoms with van der Waals surface area (Å²) in [7, 11) is 1.76. The number of ether oxygens (including phenoxy) is 1. The first kappa shape index (κ1) is 19.0. The molecule has 29 heavy (non-hydrogen) atoms. The molecule has 0 aromatic heterocycles. The van der Waals surface area contributed by atoms with E-state index in [4.69, 9.17) is 4.74 Å². The van der Waals surface area contributed by atoms with E-state index in [1.54, 1.807) is 18.7 Å². The zero-order valence-electron chi connectivity index (χ0n) is 17.7. The largest absolute Gasteiger partial charge is 0.508 e. The summed E-state index contributed by atoms with van der Waals surface area (Å²) in [5.74, 6) is 3.74. The molecule has 0 bridgehead atoms. The van der Waals surface area contributed by atoms with Gasteiger partial charge in [-0.1, -0.05) is 31.2 Å². The van der Waals surface area contributed by atoms with Crippen molar-refractivity contribution in [2.24, 2.45) is 17.3 Å². The monoisotopic (exact) mass is 391 g/mol. The van der Waals surface area contributed by atoms with Gasteiger partial charge in [-0.2, -0.15) is 0 Å². The van der Waals surface area contributed by atoms with Gasteiger partial charge in [0.25, 0.3) is 0 Å². The summed E-state index contributed by atoms with van der Waals surface area (Å²) in [6, 6.07) is 15.0. The number of aromatic hydroxyl groups is 1. The normalized spacial score (nSPS) is 32.9. The van der Waals surface area contributed by atoms with Gasteiger partial charge in [-0.3, -0.25) is 0 Å². The van der Waals surface area contributed by atoms with Gasteiger partial charge in [0.15, 0.2) is 0 Å². The lowest BCUT2D eigenvalue weighted by atomic mass is 9.56. The highest BCUT2D eigenvalue weighted by molar-refractivity contribution is 5.40. The van der Waals surface area contributed by atoms with Crippen LogP contribution in [0.2, 0.25) is 0 Å². The van der Waals surface area contributed by atoms with Crippen LogP contribution in [0.3, 0.4) is 0 Å².